The lowest BCUT2D eigenvalue weighted by atomic mass is 9.92. The number of hydrogen-bond donors (Lipinski definition) is 0. The molecule has 1 amide bonds. The van der Waals surface area contributed by atoms with Gasteiger partial charge < -0.3 is 9.80 Å². The third kappa shape index (κ3) is 6.66. The van der Waals surface area contributed by atoms with E-state index in [4.69, 9.17) is 4.99 Å². The smallest absolute Gasteiger partial charge is 0.272 e. The van der Waals surface area contributed by atoms with Crippen molar-refractivity contribution in [3.05, 3.63) is 95.0 Å². The van der Waals surface area contributed by atoms with Crippen LogP contribution < -0.4 is 0 Å². The van der Waals surface area contributed by atoms with Gasteiger partial charge in [-0.25, -0.2) is 9.38 Å². The number of piperazine rings is 1. The van der Waals surface area contributed by atoms with Gasteiger partial charge in [0.05, 0.1) is 12.2 Å². The fraction of sp³-hybridized carbons (Fsp3) is 0.406. The Bertz CT molecular complexity index is 1240. The molecule has 2 aromatic rings. The monoisotopic (exact) mass is 514 g/mol. The minimum Gasteiger partial charge on any atom is -0.357 e. The molecule has 38 heavy (non-hydrogen) atoms. The van der Waals surface area contributed by atoms with Gasteiger partial charge in [0.2, 0.25) is 0 Å². The van der Waals surface area contributed by atoms with E-state index in [1.54, 1.807) is 6.08 Å². The molecule has 2 atom stereocenters. The summed E-state index contributed by atoms with van der Waals surface area (Å²) in [6, 6.07) is 18.2. The summed E-state index contributed by atoms with van der Waals surface area (Å²) in [5.74, 6) is 0.812. The predicted molar refractivity (Wildman–Crippen MR) is 154 cm³/mol. The Hall–Kier alpha value is -3.54. The summed E-state index contributed by atoms with van der Waals surface area (Å²) < 4.78 is 14.0. The molecule has 0 radical (unpaired) electrons. The van der Waals surface area contributed by atoms with Crippen LogP contribution >= 0.6 is 0 Å². The number of halogens is 1. The van der Waals surface area contributed by atoms with Gasteiger partial charge in [0.15, 0.2) is 0 Å². The second-order valence-electron chi connectivity index (χ2n) is 10.4. The lowest BCUT2D eigenvalue weighted by Crippen LogP contribution is -2.52. The van der Waals surface area contributed by atoms with Crippen LogP contribution in [-0.4, -0.2) is 53.4 Å². The number of amidine groups is 1. The summed E-state index contributed by atoms with van der Waals surface area (Å²) in [4.78, 5) is 27.8. The van der Waals surface area contributed by atoms with Crippen LogP contribution in [0.4, 0.5) is 4.39 Å². The predicted octanol–water partition coefficient (Wildman–Crippen LogP) is 6.67. The summed E-state index contributed by atoms with van der Waals surface area (Å²) in [6.07, 6.45) is 5.36. The molecule has 6 heteroatoms. The average Bonchev–Trinajstić information content (AvgIpc) is 2.93. The molecule has 0 aliphatic carbocycles. The molecule has 200 valence electrons. The number of nitrogens with zero attached hydrogens (tertiary/aromatic N) is 4. The Balaban J connectivity index is 1.60. The quantitative estimate of drug-likeness (QED) is 0.405. The number of carbonyl (C=O) groups excluding carboxylic acids is 1. The summed E-state index contributed by atoms with van der Waals surface area (Å²) in [5, 5.41) is 0. The molecule has 0 saturated carbocycles. The standard InChI is InChI=1S/C32H39FN4O/c1-5-24(3)30(26-12-7-6-8-13-26)35-31(28-14-10-9-11-25(28)4)32(38)37-19-17-36(18-20-37)29-16-15-23(2)21-27(33)22-34-29/h6-14,21-22,24,30H,5,15-20H2,1-4H3. The van der Waals surface area contributed by atoms with Gasteiger partial charge in [0, 0.05) is 38.2 Å². The molecule has 1 saturated heterocycles. The van der Waals surface area contributed by atoms with E-state index in [0.29, 0.717) is 31.9 Å². The van der Waals surface area contributed by atoms with E-state index in [0.717, 1.165) is 47.4 Å². The molecule has 2 aromatic carbocycles. The van der Waals surface area contributed by atoms with Gasteiger partial charge in [-0.05, 0) is 43.4 Å². The first-order valence-corrected chi connectivity index (χ1v) is 13.7. The van der Waals surface area contributed by atoms with Crippen LogP contribution in [0.2, 0.25) is 0 Å². The molecule has 4 rings (SSSR count). The Morgan fingerprint density at radius 3 is 2.37 bits per heavy atom. The number of benzene rings is 2. The van der Waals surface area contributed by atoms with Gasteiger partial charge in [-0.1, -0.05) is 80.4 Å². The van der Waals surface area contributed by atoms with E-state index in [2.05, 4.69) is 35.9 Å². The van der Waals surface area contributed by atoms with Gasteiger partial charge in [-0.15, -0.1) is 0 Å². The molecule has 2 aliphatic heterocycles. The number of rotatable bonds is 6. The molecule has 1 fully saturated rings. The number of allylic oxidation sites excluding steroid dienone is 3. The van der Waals surface area contributed by atoms with Gasteiger partial charge in [-0.2, -0.15) is 0 Å². The molecule has 0 N–H and O–H groups in total. The summed E-state index contributed by atoms with van der Waals surface area (Å²) in [5.41, 5.74) is 4.58. The van der Waals surface area contributed by atoms with Crippen LogP contribution in [0.25, 0.3) is 0 Å². The zero-order valence-electron chi connectivity index (χ0n) is 23.0. The number of amides is 1. The second kappa shape index (κ2) is 12.8. The van der Waals surface area contributed by atoms with E-state index >= 15 is 0 Å². The van der Waals surface area contributed by atoms with Gasteiger partial charge in [-0.3, -0.25) is 9.79 Å². The maximum atomic E-state index is 14.1. The van der Waals surface area contributed by atoms with Crippen molar-refractivity contribution in [2.45, 2.75) is 53.0 Å². The first kappa shape index (κ1) is 27.5. The van der Waals surface area contributed by atoms with Crippen molar-refractivity contribution in [3.8, 4) is 0 Å². The zero-order valence-corrected chi connectivity index (χ0v) is 23.0. The largest absolute Gasteiger partial charge is 0.357 e. The number of aryl methyl sites for hydroxylation is 1. The zero-order chi connectivity index (χ0) is 27.1. The van der Waals surface area contributed by atoms with E-state index in [9.17, 15) is 9.18 Å². The topological polar surface area (TPSA) is 48.3 Å². The van der Waals surface area contributed by atoms with Gasteiger partial charge >= 0.3 is 0 Å². The summed E-state index contributed by atoms with van der Waals surface area (Å²) in [7, 11) is 0. The van der Waals surface area contributed by atoms with Crippen LogP contribution in [0.1, 0.15) is 62.8 Å². The third-order valence-electron chi connectivity index (χ3n) is 7.59. The number of carbonyl (C=O) groups is 1. The highest BCUT2D eigenvalue weighted by Crippen LogP contribution is 2.30. The van der Waals surface area contributed by atoms with E-state index < -0.39 is 0 Å². The normalized spacial score (nSPS) is 18.6. The van der Waals surface area contributed by atoms with Crippen LogP contribution in [-0.2, 0) is 4.79 Å². The van der Waals surface area contributed by atoms with Crippen LogP contribution in [0.5, 0.6) is 0 Å². The molecule has 2 heterocycles. The molecule has 0 spiro atoms. The number of hydrogen-bond acceptors (Lipinski definition) is 4. The molecule has 2 aliphatic rings. The van der Waals surface area contributed by atoms with Crippen LogP contribution in [0.15, 0.2) is 88.3 Å². The van der Waals surface area contributed by atoms with Crippen molar-refractivity contribution in [2.75, 3.05) is 26.2 Å². The summed E-state index contributed by atoms with van der Waals surface area (Å²) in [6.45, 7) is 10.8. The lowest BCUT2D eigenvalue weighted by molar-refractivity contribution is -0.125. The van der Waals surface area contributed by atoms with Crippen molar-refractivity contribution in [2.24, 2.45) is 15.9 Å². The maximum absolute atomic E-state index is 14.1. The Morgan fingerprint density at radius 2 is 1.68 bits per heavy atom. The van der Waals surface area contributed by atoms with Crippen LogP contribution in [0.3, 0.4) is 0 Å². The second-order valence-corrected chi connectivity index (χ2v) is 10.4. The Kier molecular flexibility index (Phi) is 9.27. The fourth-order valence-corrected chi connectivity index (χ4v) is 5.03. The Morgan fingerprint density at radius 1 is 1.00 bits per heavy atom. The van der Waals surface area contributed by atoms with Crippen molar-refractivity contribution in [1.29, 1.82) is 0 Å². The van der Waals surface area contributed by atoms with Crippen molar-refractivity contribution in [1.82, 2.24) is 9.80 Å². The highest BCUT2D eigenvalue weighted by molar-refractivity contribution is 6.45. The van der Waals surface area contributed by atoms with Crippen LogP contribution in [0, 0.1) is 12.8 Å². The van der Waals surface area contributed by atoms with E-state index in [-0.39, 0.29) is 23.7 Å². The van der Waals surface area contributed by atoms with Crippen molar-refractivity contribution >= 4 is 17.5 Å². The maximum Gasteiger partial charge on any atom is 0.272 e. The summed E-state index contributed by atoms with van der Waals surface area (Å²) >= 11 is 0. The third-order valence-corrected chi connectivity index (χ3v) is 7.59. The average molecular weight is 515 g/mol. The lowest BCUT2D eigenvalue weighted by Gasteiger charge is -2.37. The first-order chi connectivity index (χ1) is 18.4. The molecule has 2 unspecified atom stereocenters. The van der Waals surface area contributed by atoms with Gasteiger partial charge in [0.1, 0.15) is 17.4 Å². The van der Waals surface area contributed by atoms with Gasteiger partial charge in [0.25, 0.3) is 5.91 Å². The Labute approximate surface area is 226 Å². The van der Waals surface area contributed by atoms with Crippen molar-refractivity contribution in [3.63, 3.8) is 0 Å². The molecule has 5 nitrogen and oxygen atoms in total. The molecular weight excluding hydrogens is 475 g/mol. The van der Waals surface area contributed by atoms with E-state index in [1.165, 1.54) is 6.20 Å². The minimum atomic E-state index is -0.318. The highest BCUT2D eigenvalue weighted by atomic mass is 19.1. The molecular formula is C32H39FN4O. The minimum absolute atomic E-state index is 0.0347. The fourth-order valence-electron chi connectivity index (χ4n) is 5.03. The molecule has 0 bridgehead atoms. The van der Waals surface area contributed by atoms with E-state index in [1.807, 2.05) is 61.2 Å². The van der Waals surface area contributed by atoms with Crippen molar-refractivity contribution < 1.29 is 9.18 Å². The number of aliphatic imine (C=N–C) groups is 2. The molecule has 0 aromatic heterocycles. The highest BCUT2D eigenvalue weighted by Gasteiger charge is 2.29. The SMILES string of the molecule is CCC(C)C(N=C(C(=O)N1CCN(C2=NC=C(F)C=C(C)CC2)CC1)c1ccccc1C)c1ccccc1. The first-order valence-electron chi connectivity index (χ1n) is 13.7.